The van der Waals surface area contributed by atoms with Crippen molar-refractivity contribution >= 4 is 17.8 Å². The van der Waals surface area contributed by atoms with Crippen LogP contribution in [-0.4, -0.2) is 36.0 Å². The predicted octanol–water partition coefficient (Wildman–Crippen LogP) is 5.20. The van der Waals surface area contributed by atoms with Crippen molar-refractivity contribution < 1.29 is 19.5 Å². The van der Waals surface area contributed by atoms with Crippen LogP contribution in [0.4, 0.5) is 0 Å². The van der Waals surface area contributed by atoms with E-state index >= 15 is 0 Å². The van der Waals surface area contributed by atoms with Gasteiger partial charge in [0.15, 0.2) is 0 Å². The minimum Gasteiger partial charge on any atom is -0.480 e. The Morgan fingerprint density at radius 2 is 1.13 bits per heavy atom. The van der Waals surface area contributed by atoms with Crippen molar-refractivity contribution in [1.82, 2.24) is 10.6 Å². The Bertz CT molecular complexity index is 454. The summed E-state index contributed by atoms with van der Waals surface area (Å²) in [6.45, 7) is 3.78. The summed E-state index contributed by atoms with van der Waals surface area (Å²) in [5.41, 5.74) is 0. The first kappa shape index (κ1) is 28.4. The molecule has 0 spiro atoms. The minimum atomic E-state index is -1.08. The Morgan fingerprint density at radius 1 is 0.700 bits per heavy atom. The van der Waals surface area contributed by atoms with E-state index in [1.807, 2.05) is 0 Å². The molecular weight excluding hydrogens is 380 g/mol. The molecule has 0 aliphatic rings. The van der Waals surface area contributed by atoms with E-state index in [1.165, 1.54) is 83.5 Å². The number of carboxylic acid groups (broad SMARTS) is 1. The van der Waals surface area contributed by atoms with E-state index in [1.54, 1.807) is 6.92 Å². The number of unbranched alkanes of at least 4 members (excludes halogenated alkanes) is 14. The van der Waals surface area contributed by atoms with E-state index in [0.717, 1.165) is 12.8 Å². The molecule has 0 saturated carbocycles. The topological polar surface area (TPSA) is 95.5 Å². The summed E-state index contributed by atoms with van der Waals surface area (Å²) in [6.07, 6.45) is 19.9. The van der Waals surface area contributed by atoms with E-state index in [-0.39, 0.29) is 18.4 Å². The fraction of sp³-hybridized carbons (Fsp3) is 0.875. The maximum Gasteiger partial charge on any atom is 0.322 e. The van der Waals surface area contributed by atoms with Crippen LogP contribution in [0.1, 0.15) is 117 Å². The van der Waals surface area contributed by atoms with Gasteiger partial charge in [-0.25, -0.2) is 0 Å². The molecule has 3 N–H and O–H groups in total. The second-order valence-corrected chi connectivity index (χ2v) is 8.52. The number of nitrogens with one attached hydrogen (secondary N) is 2. The first-order valence-electron chi connectivity index (χ1n) is 12.2. The molecule has 0 unspecified atom stereocenters. The van der Waals surface area contributed by atoms with Crippen LogP contribution in [0, 0.1) is 5.92 Å². The molecular formula is C24H46N2O4. The van der Waals surface area contributed by atoms with Crippen molar-refractivity contribution in [3.63, 3.8) is 0 Å². The smallest absolute Gasteiger partial charge is 0.322 e. The van der Waals surface area contributed by atoms with E-state index in [4.69, 9.17) is 5.11 Å². The number of carbonyl (C=O) groups excluding carboxylic acids is 2. The van der Waals surface area contributed by atoms with Crippen molar-refractivity contribution in [1.29, 1.82) is 0 Å². The zero-order valence-electron chi connectivity index (χ0n) is 19.5. The average molecular weight is 427 g/mol. The summed E-state index contributed by atoms with van der Waals surface area (Å²) < 4.78 is 0. The van der Waals surface area contributed by atoms with Crippen LogP contribution in [0.2, 0.25) is 0 Å². The van der Waals surface area contributed by atoms with Gasteiger partial charge in [0.05, 0.1) is 5.92 Å². The van der Waals surface area contributed by atoms with Crippen molar-refractivity contribution in [3.05, 3.63) is 0 Å². The number of rotatable bonds is 21. The van der Waals surface area contributed by atoms with Crippen molar-refractivity contribution in [2.75, 3.05) is 13.1 Å². The lowest BCUT2D eigenvalue weighted by molar-refractivity contribution is -0.138. The second kappa shape index (κ2) is 20.7. The number of hydrogen-bond acceptors (Lipinski definition) is 3. The molecule has 0 bridgehead atoms. The number of carbonyl (C=O) groups is 3. The largest absolute Gasteiger partial charge is 0.480 e. The molecule has 176 valence electrons. The van der Waals surface area contributed by atoms with Crippen molar-refractivity contribution in [3.8, 4) is 0 Å². The molecule has 0 aliphatic heterocycles. The van der Waals surface area contributed by atoms with Crippen LogP contribution in [0.25, 0.3) is 0 Å². The molecule has 0 saturated heterocycles. The Kier molecular flexibility index (Phi) is 19.6. The van der Waals surface area contributed by atoms with Gasteiger partial charge in [-0.3, -0.25) is 14.4 Å². The van der Waals surface area contributed by atoms with Gasteiger partial charge in [-0.05, 0) is 6.42 Å². The first-order valence-corrected chi connectivity index (χ1v) is 12.2. The minimum absolute atomic E-state index is 0.0393. The lowest BCUT2D eigenvalue weighted by Crippen LogP contribution is -2.39. The number of hydrogen-bond donors (Lipinski definition) is 3. The predicted molar refractivity (Wildman–Crippen MR) is 122 cm³/mol. The van der Waals surface area contributed by atoms with Gasteiger partial charge in [-0.2, -0.15) is 0 Å². The molecule has 0 aromatic heterocycles. The van der Waals surface area contributed by atoms with Crippen LogP contribution in [0.15, 0.2) is 0 Å². The van der Waals surface area contributed by atoms with Crippen LogP contribution < -0.4 is 10.6 Å². The van der Waals surface area contributed by atoms with Gasteiger partial charge in [-0.1, -0.05) is 104 Å². The highest BCUT2D eigenvalue weighted by Crippen LogP contribution is 2.13. The highest BCUT2D eigenvalue weighted by Gasteiger charge is 2.14. The van der Waals surface area contributed by atoms with Gasteiger partial charge in [0, 0.05) is 13.0 Å². The third-order valence-electron chi connectivity index (χ3n) is 5.47. The molecule has 1 atom stereocenters. The van der Waals surface area contributed by atoms with E-state index in [0.29, 0.717) is 6.42 Å². The Balaban J connectivity index is 3.37. The van der Waals surface area contributed by atoms with Crippen LogP contribution in [-0.2, 0) is 14.4 Å². The Hall–Kier alpha value is -1.59. The van der Waals surface area contributed by atoms with Gasteiger partial charge in [0.2, 0.25) is 11.8 Å². The second-order valence-electron chi connectivity index (χ2n) is 8.52. The first-order chi connectivity index (χ1) is 14.5. The molecule has 0 heterocycles. The number of carboxylic acids is 1. The molecule has 0 aromatic carbocycles. The van der Waals surface area contributed by atoms with Crippen LogP contribution >= 0.6 is 0 Å². The molecule has 0 rings (SSSR count). The van der Waals surface area contributed by atoms with Gasteiger partial charge in [0.1, 0.15) is 6.54 Å². The molecule has 6 heteroatoms. The highest BCUT2D eigenvalue weighted by molar-refractivity contribution is 5.83. The summed E-state index contributed by atoms with van der Waals surface area (Å²) in [5, 5.41) is 13.6. The lowest BCUT2D eigenvalue weighted by atomic mass is 10.0. The van der Waals surface area contributed by atoms with Gasteiger partial charge >= 0.3 is 5.97 Å². The molecule has 30 heavy (non-hydrogen) atoms. The van der Waals surface area contributed by atoms with E-state index < -0.39 is 18.4 Å². The normalized spacial score (nSPS) is 11.8. The van der Waals surface area contributed by atoms with Crippen LogP contribution in [0.5, 0.6) is 0 Å². The highest BCUT2D eigenvalue weighted by atomic mass is 16.4. The fourth-order valence-corrected chi connectivity index (χ4v) is 3.44. The third-order valence-corrected chi connectivity index (χ3v) is 5.47. The average Bonchev–Trinajstić information content (AvgIpc) is 2.72. The summed E-state index contributed by atoms with van der Waals surface area (Å²) in [6, 6.07) is 0. The SMILES string of the molecule is CCCCCCCCCCCCCCCCCC(=O)NC[C@H](C)C(=O)NCC(=O)O. The van der Waals surface area contributed by atoms with Crippen molar-refractivity contribution in [2.24, 2.45) is 5.92 Å². The molecule has 6 nitrogen and oxygen atoms in total. The maximum absolute atomic E-state index is 11.8. The van der Waals surface area contributed by atoms with E-state index in [9.17, 15) is 14.4 Å². The summed E-state index contributed by atoms with van der Waals surface area (Å²) in [4.78, 5) is 33.9. The molecule has 2 amide bonds. The summed E-state index contributed by atoms with van der Waals surface area (Å²) in [5.74, 6) is -1.91. The Morgan fingerprint density at radius 3 is 1.57 bits per heavy atom. The molecule has 0 aromatic rings. The number of amides is 2. The Labute approximate surface area is 184 Å². The summed E-state index contributed by atoms with van der Waals surface area (Å²) >= 11 is 0. The molecule has 0 radical (unpaired) electrons. The fourth-order valence-electron chi connectivity index (χ4n) is 3.44. The third kappa shape index (κ3) is 19.7. The van der Waals surface area contributed by atoms with Crippen LogP contribution in [0.3, 0.4) is 0 Å². The lowest BCUT2D eigenvalue weighted by Gasteiger charge is -2.12. The molecule has 0 aliphatic carbocycles. The summed E-state index contributed by atoms with van der Waals surface area (Å²) in [7, 11) is 0. The van der Waals surface area contributed by atoms with E-state index in [2.05, 4.69) is 17.6 Å². The zero-order chi connectivity index (χ0) is 22.5. The standard InChI is InChI=1S/C24H46N2O4/c1-3-4-5-6-7-8-9-10-11-12-13-14-15-16-17-18-22(27)25-19-21(2)24(30)26-20-23(28)29/h21H,3-20H2,1-2H3,(H,25,27)(H,26,30)(H,28,29)/t21-/m0/s1. The quantitative estimate of drug-likeness (QED) is 0.220. The van der Waals surface area contributed by atoms with Gasteiger partial charge < -0.3 is 15.7 Å². The van der Waals surface area contributed by atoms with Gasteiger partial charge in [-0.15, -0.1) is 0 Å². The zero-order valence-corrected chi connectivity index (χ0v) is 19.5. The van der Waals surface area contributed by atoms with Crippen molar-refractivity contribution in [2.45, 2.75) is 117 Å². The number of aliphatic carboxylic acids is 1. The monoisotopic (exact) mass is 426 g/mol. The molecule has 0 fully saturated rings. The maximum atomic E-state index is 11.8. The van der Waals surface area contributed by atoms with Gasteiger partial charge in [0.25, 0.3) is 0 Å².